The Balaban J connectivity index is 1.32. The molecule has 5 rings (SSSR count). The van der Waals surface area contributed by atoms with Gasteiger partial charge in [0.05, 0.1) is 7.11 Å². The van der Waals surface area contributed by atoms with Crippen LogP contribution in [0, 0.1) is 0 Å². The fourth-order valence-corrected chi connectivity index (χ4v) is 6.61. The maximum absolute atomic E-state index is 13.5. The number of hydrogen-bond donors (Lipinski definition) is 3. The fraction of sp³-hybridized carbons (Fsp3) is 0.114. The van der Waals surface area contributed by atoms with E-state index in [1.807, 2.05) is 61.5 Å². The Bertz CT molecular complexity index is 1850. The van der Waals surface area contributed by atoms with E-state index in [4.69, 9.17) is 4.74 Å². The number of carbonyl (C=O) groups is 3. The van der Waals surface area contributed by atoms with Crippen LogP contribution in [0.25, 0.3) is 6.08 Å². The molecule has 0 radical (unpaired) electrons. The molecule has 47 heavy (non-hydrogen) atoms. The van der Waals surface area contributed by atoms with Gasteiger partial charge in [-0.1, -0.05) is 79.3 Å². The fourth-order valence-electron chi connectivity index (χ4n) is 4.31. The van der Waals surface area contributed by atoms with E-state index in [9.17, 15) is 14.4 Å². The van der Waals surface area contributed by atoms with E-state index in [0.717, 1.165) is 27.7 Å². The number of amides is 3. The third-order valence-corrected chi connectivity index (χ3v) is 9.29. The van der Waals surface area contributed by atoms with Crippen molar-refractivity contribution >= 4 is 69.7 Å². The summed E-state index contributed by atoms with van der Waals surface area (Å²) in [5.74, 6) is 0.319. The van der Waals surface area contributed by atoms with Gasteiger partial charge in [0.25, 0.3) is 11.8 Å². The number of aromatic nitrogens is 2. The summed E-state index contributed by atoms with van der Waals surface area (Å²) in [6.07, 6.45) is 1.59. The zero-order valence-corrected chi connectivity index (χ0v) is 28.0. The van der Waals surface area contributed by atoms with Gasteiger partial charge in [-0.15, -0.1) is 11.8 Å². The quantitative estimate of drug-likeness (QED) is 0.0861. The molecule has 238 valence electrons. The Hall–Kier alpha value is -4.91. The van der Waals surface area contributed by atoms with Gasteiger partial charge in [-0.25, -0.2) is 0 Å². The maximum Gasteiger partial charge on any atom is 0.272 e. The van der Waals surface area contributed by atoms with E-state index < -0.39 is 17.1 Å². The molecule has 1 aromatic heterocycles. The lowest BCUT2D eigenvalue weighted by Gasteiger charge is -2.16. The number of methoxy groups -OCH3 is 1. The largest absolute Gasteiger partial charge is 0.497 e. The topological polar surface area (TPSA) is 122 Å². The SMILES string of the molecule is CCSc1nsc(NC(=O)C(Sc2ccc(NC(=O)/C(=C/c3cccc(OC)c3)NC(=O)c3ccccc3)cc2)c2ccccc2)n1. The highest BCUT2D eigenvalue weighted by atomic mass is 32.2. The third kappa shape index (κ3) is 9.55. The van der Waals surface area contributed by atoms with Crippen LogP contribution in [-0.2, 0) is 9.59 Å². The van der Waals surface area contributed by atoms with Crippen molar-refractivity contribution in [1.29, 1.82) is 0 Å². The highest BCUT2D eigenvalue weighted by Crippen LogP contribution is 2.37. The van der Waals surface area contributed by atoms with Crippen LogP contribution in [0.15, 0.2) is 125 Å². The first-order valence-corrected chi connectivity index (χ1v) is 17.2. The van der Waals surface area contributed by atoms with Gasteiger partial charge >= 0.3 is 0 Å². The van der Waals surface area contributed by atoms with Gasteiger partial charge in [0.15, 0.2) is 0 Å². The Morgan fingerprint density at radius 3 is 2.32 bits per heavy atom. The second-order valence-electron chi connectivity index (χ2n) is 9.85. The van der Waals surface area contributed by atoms with Gasteiger partial charge in [-0.05, 0) is 71.5 Å². The molecule has 4 aromatic carbocycles. The van der Waals surface area contributed by atoms with E-state index >= 15 is 0 Å². The normalized spacial score (nSPS) is 11.7. The van der Waals surface area contributed by atoms with E-state index in [2.05, 4.69) is 25.3 Å². The number of nitrogens with zero attached hydrogens (tertiary/aromatic N) is 2. The molecule has 0 spiro atoms. The van der Waals surface area contributed by atoms with Crippen molar-refractivity contribution in [2.45, 2.75) is 22.2 Å². The molecule has 1 atom stereocenters. The molecule has 9 nitrogen and oxygen atoms in total. The molecule has 3 N–H and O–H groups in total. The standard InChI is InChI=1S/C35H31N5O4S3/c1-3-45-35-39-34(47-40-35)38-33(43)30(24-12-6-4-7-13-24)46-28-19-17-26(18-20-28)36-32(42)29(22-23-11-10-16-27(21-23)44-2)37-31(41)25-14-8-5-9-15-25/h4-22,30H,3H2,1-2H3,(H,36,42)(H,37,41)(H,38,39,40,43)/b29-22-. The second kappa shape index (κ2) is 16.6. The zero-order valence-electron chi connectivity index (χ0n) is 25.5. The molecule has 1 unspecified atom stereocenters. The molecular formula is C35H31N5O4S3. The van der Waals surface area contributed by atoms with Crippen LogP contribution in [0.1, 0.15) is 33.7 Å². The lowest BCUT2D eigenvalue weighted by atomic mass is 10.1. The molecule has 0 aliphatic carbocycles. The third-order valence-electron chi connectivity index (χ3n) is 6.55. The van der Waals surface area contributed by atoms with Crippen LogP contribution in [0.2, 0.25) is 0 Å². The van der Waals surface area contributed by atoms with Crippen molar-refractivity contribution in [3.63, 3.8) is 0 Å². The number of nitrogens with one attached hydrogen (secondary N) is 3. The van der Waals surface area contributed by atoms with Crippen molar-refractivity contribution in [3.8, 4) is 5.75 Å². The number of thioether (sulfide) groups is 2. The van der Waals surface area contributed by atoms with Crippen molar-refractivity contribution in [3.05, 3.63) is 132 Å². The van der Waals surface area contributed by atoms with Crippen molar-refractivity contribution in [2.75, 3.05) is 23.5 Å². The average Bonchev–Trinajstić information content (AvgIpc) is 3.55. The smallest absolute Gasteiger partial charge is 0.272 e. The summed E-state index contributed by atoms with van der Waals surface area (Å²) in [4.78, 5) is 45.1. The molecular weight excluding hydrogens is 651 g/mol. The van der Waals surface area contributed by atoms with E-state index in [1.54, 1.807) is 67.8 Å². The van der Waals surface area contributed by atoms with Gasteiger partial charge in [0, 0.05) is 27.7 Å². The Labute approximate surface area is 285 Å². The summed E-state index contributed by atoms with van der Waals surface area (Å²) >= 11 is 4.04. The van der Waals surface area contributed by atoms with Gasteiger partial charge in [0.2, 0.25) is 16.2 Å². The molecule has 5 aromatic rings. The summed E-state index contributed by atoms with van der Waals surface area (Å²) in [7, 11) is 1.56. The number of anilines is 2. The van der Waals surface area contributed by atoms with Gasteiger partial charge < -0.3 is 15.4 Å². The second-order valence-corrected chi connectivity index (χ2v) is 13.0. The minimum atomic E-state index is -0.562. The first-order valence-electron chi connectivity index (χ1n) is 14.5. The summed E-state index contributed by atoms with van der Waals surface area (Å²) in [6.45, 7) is 2.02. The number of rotatable bonds is 13. The molecule has 1 heterocycles. The first kappa shape index (κ1) is 33.5. The summed E-state index contributed by atoms with van der Waals surface area (Å²) in [5.41, 5.74) is 2.50. The van der Waals surface area contributed by atoms with Crippen molar-refractivity contribution in [1.82, 2.24) is 14.7 Å². The minimum absolute atomic E-state index is 0.0588. The molecule has 0 saturated heterocycles. The molecule has 0 fully saturated rings. The molecule has 0 aliphatic heterocycles. The average molecular weight is 682 g/mol. The summed E-state index contributed by atoms with van der Waals surface area (Å²) in [5, 5.41) is 9.05. The van der Waals surface area contributed by atoms with Gasteiger partial charge in [-0.2, -0.15) is 9.36 Å². The van der Waals surface area contributed by atoms with E-state index in [1.165, 1.54) is 23.5 Å². The first-order chi connectivity index (χ1) is 22.9. The zero-order chi connectivity index (χ0) is 33.0. The van der Waals surface area contributed by atoms with Crippen LogP contribution in [0.5, 0.6) is 5.75 Å². The number of ether oxygens (including phenoxy) is 1. The number of hydrogen-bond acceptors (Lipinski definition) is 9. The van der Waals surface area contributed by atoms with E-state index in [-0.39, 0.29) is 11.6 Å². The Kier molecular flexibility index (Phi) is 11.8. The van der Waals surface area contributed by atoms with Crippen LogP contribution >= 0.6 is 35.1 Å². The molecule has 0 saturated carbocycles. The van der Waals surface area contributed by atoms with Gasteiger partial charge in [-0.3, -0.25) is 19.7 Å². The lowest BCUT2D eigenvalue weighted by Crippen LogP contribution is -2.30. The predicted octanol–water partition coefficient (Wildman–Crippen LogP) is 7.54. The van der Waals surface area contributed by atoms with Crippen LogP contribution < -0.4 is 20.7 Å². The molecule has 0 bridgehead atoms. The summed E-state index contributed by atoms with van der Waals surface area (Å²) in [6, 6.07) is 32.5. The van der Waals surface area contributed by atoms with Gasteiger partial charge in [0.1, 0.15) is 16.7 Å². The summed E-state index contributed by atoms with van der Waals surface area (Å²) < 4.78 is 9.60. The minimum Gasteiger partial charge on any atom is -0.497 e. The lowest BCUT2D eigenvalue weighted by molar-refractivity contribution is -0.116. The van der Waals surface area contributed by atoms with Crippen molar-refractivity contribution in [2.24, 2.45) is 0 Å². The van der Waals surface area contributed by atoms with Crippen molar-refractivity contribution < 1.29 is 19.1 Å². The maximum atomic E-state index is 13.5. The van der Waals surface area contributed by atoms with Crippen LogP contribution in [-0.4, -0.2) is 39.9 Å². The van der Waals surface area contributed by atoms with E-state index in [0.29, 0.717) is 32.9 Å². The highest BCUT2D eigenvalue weighted by molar-refractivity contribution is 8.00. The number of benzene rings is 4. The Morgan fingerprint density at radius 2 is 1.62 bits per heavy atom. The highest BCUT2D eigenvalue weighted by Gasteiger charge is 2.24. The molecule has 3 amide bonds. The van der Waals surface area contributed by atoms with Crippen LogP contribution in [0.4, 0.5) is 10.8 Å². The monoisotopic (exact) mass is 681 g/mol. The number of carbonyl (C=O) groups excluding carboxylic acids is 3. The predicted molar refractivity (Wildman–Crippen MR) is 190 cm³/mol. The van der Waals surface area contributed by atoms with Crippen LogP contribution in [0.3, 0.4) is 0 Å². The Morgan fingerprint density at radius 1 is 0.894 bits per heavy atom. The molecule has 12 heteroatoms. The molecule has 0 aliphatic rings.